The van der Waals surface area contributed by atoms with E-state index in [9.17, 15) is 0 Å². The van der Waals surface area contributed by atoms with Crippen molar-refractivity contribution in [2.45, 2.75) is 51.2 Å². The molecule has 3 unspecified atom stereocenters. The van der Waals surface area contributed by atoms with Crippen molar-refractivity contribution in [1.82, 2.24) is 10.2 Å². The topological polar surface area (TPSA) is 15.3 Å². The average molecular weight is 293 g/mol. The lowest BCUT2D eigenvalue weighted by Crippen LogP contribution is -2.57. The van der Waals surface area contributed by atoms with Crippen LogP contribution in [0.15, 0.2) is 24.3 Å². The zero-order valence-electron chi connectivity index (χ0n) is 12.5. The molecule has 2 aliphatic rings. The van der Waals surface area contributed by atoms with Crippen molar-refractivity contribution in [2.24, 2.45) is 5.92 Å². The third-order valence-electron chi connectivity index (χ3n) is 4.98. The maximum absolute atomic E-state index is 6.16. The largest absolute Gasteiger partial charge is 0.311 e. The van der Waals surface area contributed by atoms with E-state index >= 15 is 0 Å². The van der Waals surface area contributed by atoms with Gasteiger partial charge in [0.05, 0.1) is 0 Å². The highest BCUT2D eigenvalue weighted by molar-refractivity contribution is 6.30. The Balaban J connectivity index is 1.76. The van der Waals surface area contributed by atoms with Crippen molar-refractivity contribution in [1.29, 1.82) is 0 Å². The number of benzene rings is 1. The lowest BCUT2D eigenvalue weighted by Gasteiger charge is -2.44. The fraction of sp³-hybridized carbons (Fsp3) is 0.647. The standard InChI is InChI=1S/C17H25ClN2/c1-3-16-10-19-17(13-7-8-13)11-20(16)12(2)14-5-4-6-15(18)9-14/h4-6,9,12-13,16-17,19H,3,7-8,10-11H2,1-2H3. The Kier molecular flexibility index (Phi) is 4.34. The predicted octanol–water partition coefficient (Wildman–Crippen LogP) is 3.86. The highest BCUT2D eigenvalue weighted by Crippen LogP contribution is 2.36. The lowest BCUT2D eigenvalue weighted by molar-refractivity contribution is 0.0803. The van der Waals surface area contributed by atoms with Crippen LogP contribution in [0.25, 0.3) is 0 Å². The molecule has 1 N–H and O–H groups in total. The molecule has 3 atom stereocenters. The van der Waals surface area contributed by atoms with Crippen LogP contribution in [0, 0.1) is 5.92 Å². The number of hydrogen-bond acceptors (Lipinski definition) is 2. The van der Waals surface area contributed by atoms with Gasteiger partial charge in [-0.1, -0.05) is 30.7 Å². The zero-order chi connectivity index (χ0) is 14.1. The molecule has 3 rings (SSSR count). The molecular formula is C17H25ClN2. The zero-order valence-corrected chi connectivity index (χ0v) is 13.2. The summed E-state index contributed by atoms with van der Waals surface area (Å²) in [5.41, 5.74) is 1.34. The fourth-order valence-corrected chi connectivity index (χ4v) is 3.67. The molecule has 1 aromatic carbocycles. The van der Waals surface area contributed by atoms with Gasteiger partial charge in [-0.2, -0.15) is 0 Å². The molecule has 1 saturated carbocycles. The maximum Gasteiger partial charge on any atom is 0.0409 e. The van der Waals surface area contributed by atoms with E-state index in [1.54, 1.807) is 0 Å². The van der Waals surface area contributed by atoms with Gasteiger partial charge in [-0.25, -0.2) is 0 Å². The van der Waals surface area contributed by atoms with Crippen LogP contribution in [-0.2, 0) is 0 Å². The summed E-state index contributed by atoms with van der Waals surface area (Å²) < 4.78 is 0. The molecule has 0 amide bonds. The van der Waals surface area contributed by atoms with E-state index in [1.165, 1.54) is 31.4 Å². The van der Waals surface area contributed by atoms with E-state index in [0.717, 1.165) is 17.5 Å². The van der Waals surface area contributed by atoms with E-state index in [-0.39, 0.29) is 0 Å². The lowest BCUT2D eigenvalue weighted by atomic mass is 9.98. The number of halogens is 1. The Morgan fingerprint density at radius 3 is 2.85 bits per heavy atom. The minimum absolute atomic E-state index is 0.446. The average Bonchev–Trinajstić information content (AvgIpc) is 3.30. The smallest absolute Gasteiger partial charge is 0.0409 e. The Hall–Kier alpha value is -0.570. The summed E-state index contributed by atoms with van der Waals surface area (Å²) in [5.74, 6) is 0.918. The summed E-state index contributed by atoms with van der Waals surface area (Å²) >= 11 is 6.16. The van der Waals surface area contributed by atoms with Crippen LogP contribution in [0.1, 0.15) is 44.7 Å². The Bertz CT molecular complexity index is 458. The summed E-state index contributed by atoms with van der Waals surface area (Å²) in [4.78, 5) is 2.69. The minimum Gasteiger partial charge on any atom is -0.311 e. The number of hydrogen-bond donors (Lipinski definition) is 1. The fourth-order valence-electron chi connectivity index (χ4n) is 3.47. The van der Waals surface area contributed by atoms with Gasteiger partial charge in [0, 0.05) is 36.2 Å². The van der Waals surface area contributed by atoms with E-state index in [1.807, 2.05) is 6.07 Å². The van der Waals surface area contributed by atoms with E-state index < -0.39 is 0 Å². The van der Waals surface area contributed by atoms with Crippen LogP contribution in [-0.4, -0.2) is 30.1 Å². The third kappa shape index (κ3) is 3.03. The summed E-state index contributed by atoms with van der Waals surface area (Å²) in [6.45, 7) is 6.92. The van der Waals surface area contributed by atoms with Crippen LogP contribution in [0.4, 0.5) is 0 Å². The molecule has 3 heteroatoms. The SMILES string of the molecule is CCC1CNC(C2CC2)CN1C(C)c1cccc(Cl)c1. The van der Waals surface area contributed by atoms with Crippen molar-refractivity contribution in [3.8, 4) is 0 Å². The van der Waals surface area contributed by atoms with Crippen LogP contribution in [0.2, 0.25) is 5.02 Å². The second-order valence-corrected chi connectivity index (χ2v) is 6.78. The minimum atomic E-state index is 0.446. The van der Waals surface area contributed by atoms with Crippen molar-refractivity contribution >= 4 is 11.6 Å². The van der Waals surface area contributed by atoms with Crippen molar-refractivity contribution < 1.29 is 0 Å². The molecule has 2 fully saturated rings. The molecule has 0 bridgehead atoms. The molecule has 1 aliphatic carbocycles. The Morgan fingerprint density at radius 2 is 2.20 bits per heavy atom. The second kappa shape index (κ2) is 6.05. The van der Waals surface area contributed by atoms with E-state index in [2.05, 4.69) is 42.3 Å². The van der Waals surface area contributed by atoms with Gasteiger partial charge in [-0.05, 0) is 49.8 Å². The van der Waals surface area contributed by atoms with Gasteiger partial charge >= 0.3 is 0 Å². The molecule has 0 radical (unpaired) electrons. The second-order valence-electron chi connectivity index (χ2n) is 6.34. The molecule has 110 valence electrons. The number of nitrogens with one attached hydrogen (secondary N) is 1. The molecule has 1 heterocycles. The molecule has 2 nitrogen and oxygen atoms in total. The van der Waals surface area contributed by atoms with Crippen LogP contribution >= 0.6 is 11.6 Å². The molecule has 0 spiro atoms. The van der Waals surface area contributed by atoms with E-state index in [4.69, 9.17) is 11.6 Å². The highest BCUT2D eigenvalue weighted by Gasteiger charge is 2.38. The molecule has 1 saturated heterocycles. The molecule has 1 aromatic rings. The van der Waals surface area contributed by atoms with Crippen molar-refractivity contribution in [3.63, 3.8) is 0 Å². The van der Waals surface area contributed by atoms with Gasteiger partial charge in [-0.15, -0.1) is 0 Å². The van der Waals surface area contributed by atoms with Gasteiger partial charge in [0.25, 0.3) is 0 Å². The Morgan fingerprint density at radius 1 is 1.40 bits per heavy atom. The quantitative estimate of drug-likeness (QED) is 0.906. The highest BCUT2D eigenvalue weighted by atomic mass is 35.5. The molecule has 1 aliphatic heterocycles. The summed E-state index contributed by atoms with van der Waals surface area (Å²) in [7, 11) is 0. The summed E-state index contributed by atoms with van der Waals surface area (Å²) in [6.07, 6.45) is 4.02. The van der Waals surface area contributed by atoms with Crippen LogP contribution in [0.5, 0.6) is 0 Å². The van der Waals surface area contributed by atoms with Crippen molar-refractivity contribution in [2.75, 3.05) is 13.1 Å². The number of nitrogens with zero attached hydrogens (tertiary/aromatic N) is 1. The van der Waals surface area contributed by atoms with Crippen molar-refractivity contribution in [3.05, 3.63) is 34.9 Å². The first-order chi connectivity index (χ1) is 9.69. The number of piperazine rings is 1. The maximum atomic E-state index is 6.16. The van der Waals surface area contributed by atoms with Crippen LogP contribution in [0.3, 0.4) is 0 Å². The summed E-state index contributed by atoms with van der Waals surface area (Å²) in [5, 5.41) is 4.61. The van der Waals surface area contributed by atoms with Gasteiger partial charge in [0.2, 0.25) is 0 Å². The molecule has 20 heavy (non-hydrogen) atoms. The first kappa shape index (κ1) is 14.4. The monoisotopic (exact) mass is 292 g/mol. The summed E-state index contributed by atoms with van der Waals surface area (Å²) in [6, 6.07) is 10.1. The van der Waals surface area contributed by atoms with Gasteiger partial charge in [0.1, 0.15) is 0 Å². The van der Waals surface area contributed by atoms with Gasteiger partial charge in [0.15, 0.2) is 0 Å². The predicted molar refractivity (Wildman–Crippen MR) is 85.2 cm³/mol. The first-order valence-corrected chi connectivity index (χ1v) is 8.31. The Labute approximate surface area is 127 Å². The van der Waals surface area contributed by atoms with E-state index in [0.29, 0.717) is 18.1 Å². The third-order valence-corrected chi connectivity index (χ3v) is 5.22. The normalized spacial score (nSPS) is 29.4. The first-order valence-electron chi connectivity index (χ1n) is 7.93. The number of rotatable bonds is 4. The van der Waals surface area contributed by atoms with Crippen LogP contribution < -0.4 is 5.32 Å². The van der Waals surface area contributed by atoms with Gasteiger partial charge < -0.3 is 5.32 Å². The van der Waals surface area contributed by atoms with Gasteiger partial charge in [-0.3, -0.25) is 4.90 Å². The molecule has 0 aromatic heterocycles. The molecular weight excluding hydrogens is 268 g/mol.